The van der Waals surface area contributed by atoms with Crippen molar-refractivity contribution in [3.63, 3.8) is 0 Å². The lowest BCUT2D eigenvalue weighted by atomic mass is 9.84. The van der Waals surface area contributed by atoms with E-state index in [1.165, 1.54) is 24.8 Å². The molecule has 0 saturated heterocycles. The molecule has 0 unspecified atom stereocenters. The molecule has 1 saturated carbocycles. The van der Waals surface area contributed by atoms with Crippen LogP contribution in [0.15, 0.2) is 30.3 Å². The van der Waals surface area contributed by atoms with Crippen molar-refractivity contribution in [2.24, 2.45) is 17.8 Å². The molecule has 2 atom stereocenters. The third-order valence-electron chi connectivity index (χ3n) is 6.26. The monoisotopic (exact) mass is 460 g/mol. The van der Waals surface area contributed by atoms with E-state index < -0.39 is 12.0 Å². The van der Waals surface area contributed by atoms with Gasteiger partial charge >= 0.3 is 0 Å². The minimum Gasteiger partial charge on any atom is -0.354 e. The van der Waals surface area contributed by atoms with Crippen LogP contribution in [0.25, 0.3) is 0 Å². The van der Waals surface area contributed by atoms with Gasteiger partial charge < -0.3 is 10.6 Å². The molecule has 2 N–H and O–H groups in total. The molecule has 1 fully saturated rings. The molecule has 1 aliphatic carbocycles. The molecule has 0 aliphatic heterocycles. The van der Waals surface area contributed by atoms with E-state index in [-0.39, 0.29) is 35.7 Å². The minimum absolute atomic E-state index is 0.0368. The maximum atomic E-state index is 13.1. The van der Waals surface area contributed by atoms with Crippen molar-refractivity contribution in [3.8, 4) is 0 Å². The number of hydrogen-bond acceptors (Lipinski definition) is 4. The van der Waals surface area contributed by atoms with Crippen molar-refractivity contribution in [2.45, 2.75) is 77.7 Å². The highest BCUT2D eigenvalue weighted by atomic mass is 32.1. The van der Waals surface area contributed by atoms with Gasteiger partial charge in [-0.25, -0.2) is 0 Å². The second-order valence-electron chi connectivity index (χ2n) is 9.55. The molecule has 2 rings (SSSR count). The van der Waals surface area contributed by atoms with Crippen LogP contribution in [0, 0.1) is 17.8 Å². The molecule has 0 heterocycles. The van der Waals surface area contributed by atoms with Gasteiger partial charge in [0, 0.05) is 24.6 Å². The molecule has 0 bridgehead atoms. The first-order valence-corrected chi connectivity index (χ1v) is 12.8. The Labute approximate surface area is 198 Å². The van der Waals surface area contributed by atoms with Crippen LogP contribution in [0.5, 0.6) is 0 Å². The van der Waals surface area contributed by atoms with E-state index in [1.54, 1.807) is 0 Å². The van der Waals surface area contributed by atoms with Gasteiger partial charge in [-0.05, 0) is 36.7 Å². The molecule has 1 aromatic rings. The lowest BCUT2D eigenvalue weighted by Crippen LogP contribution is -2.50. The number of carbonyl (C=O) groups is 3. The van der Waals surface area contributed by atoms with Crippen LogP contribution in [0.2, 0.25) is 0 Å². The summed E-state index contributed by atoms with van der Waals surface area (Å²) in [6.45, 7) is 4.62. The Morgan fingerprint density at radius 3 is 2.34 bits per heavy atom. The van der Waals surface area contributed by atoms with E-state index in [0.717, 1.165) is 19.3 Å². The number of Topliss-reactive ketones (excluding diaryl/α,β-unsaturated/α-hetero) is 1. The Morgan fingerprint density at radius 2 is 1.72 bits per heavy atom. The molecule has 0 spiro atoms. The highest BCUT2D eigenvalue weighted by Crippen LogP contribution is 2.28. The normalized spacial score (nSPS) is 16.4. The molecule has 1 aliphatic rings. The maximum Gasteiger partial charge on any atom is 0.242 e. The van der Waals surface area contributed by atoms with Crippen LogP contribution < -0.4 is 10.6 Å². The third kappa shape index (κ3) is 9.76. The summed E-state index contributed by atoms with van der Waals surface area (Å²) in [6.07, 6.45) is 8.06. The molecule has 6 heteroatoms. The second-order valence-corrected chi connectivity index (χ2v) is 9.87. The van der Waals surface area contributed by atoms with E-state index in [1.807, 2.05) is 44.2 Å². The van der Waals surface area contributed by atoms with Gasteiger partial charge in [0.25, 0.3) is 0 Å². The number of benzene rings is 1. The molecule has 1 aromatic carbocycles. The predicted molar refractivity (Wildman–Crippen MR) is 133 cm³/mol. The molecule has 32 heavy (non-hydrogen) atoms. The van der Waals surface area contributed by atoms with Gasteiger partial charge in [0.2, 0.25) is 11.8 Å². The van der Waals surface area contributed by atoms with Gasteiger partial charge in [-0.1, -0.05) is 76.3 Å². The summed E-state index contributed by atoms with van der Waals surface area (Å²) in [6, 6.07) is 9.49. The Kier molecular flexibility index (Phi) is 11.9. The van der Waals surface area contributed by atoms with E-state index in [9.17, 15) is 14.4 Å². The summed E-state index contributed by atoms with van der Waals surface area (Å²) in [5, 5.41) is 6.04. The van der Waals surface area contributed by atoms with Crippen molar-refractivity contribution in [1.82, 2.24) is 10.6 Å². The van der Waals surface area contributed by atoms with E-state index in [4.69, 9.17) is 0 Å². The Bertz CT molecular complexity index is 717. The molecule has 178 valence electrons. The third-order valence-corrected chi connectivity index (χ3v) is 6.61. The molecule has 0 aromatic heterocycles. The zero-order chi connectivity index (χ0) is 23.3. The van der Waals surface area contributed by atoms with Gasteiger partial charge in [-0.3, -0.25) is 14.4 Å². The molecular weight excluding hydrogens is 420 g/mol. The topological polar surface area (TPSA) is 75.3 Å². The summed E-state index contributed by atoms with van der Waals surface area (Å²) >= 11 is 4.06. The zero-order valence-corrected chi connectivity index (χ0v) is 20.5. The Balaban J connectivity index is 2.01. The average Bonchev–Trinajstić information content (AvgIpc) is 2.79. The van der Waals surface area contributed by atoms with Crippen LogP contribution in [-0.2, 0) is 20.8 Å². The van der Waals surface area contributed by atoms with Crippen LogP contribution in [0.1, 0.15) is 70.8 Å². The first-order chi connectivity index (χ1) is 15.4. The Morgan fingerprint density at radius 1 is 1.03 bits per heavy atom. The molecule has 2 amide bonds. The van der Waals surface area contributed by atoms with Crippen molar-refractivity contribution in [2.75, 3.05) is 12.3 Å². The fraction of sp³-hybridized carbons (Fsp3) is 0.654. The van der Waals surface area contributed by atoms with Crippen molar-refractivity contribution in [1.29, 1.82) is 0 Å². The van der Waals surface area contributed by atoms with Gasteiger partial charge in [0.15, 0.2) is 0 Å². The van der Waals surface area contributed by atoms with Crippen LogP contribution >= 0.6 is 12.6 Å². The smallest absolute Gasteiger partial charge is 0.242 e. The number of rotatable bonds is 13. The summed E-state index contributed by atoms with van der Waals surface area (Å²) in [7, 11) is 0. The second kappa shape index (κ2) is 14.4. The van der Waals surface area contributed by atoms with Gasteiger partial charge in [0.1, 0.15) is 11.8 Å². The van der Waals surface area contributed by atoms with Crippen molar-refractivity contribution in [3.05, 3.63) is 35.9 Å². The number of amides is 2. The largest absolute Gasteiger partial charge is 0.354 e. The highest BCUT2D eigenvalue weighted by Gasteiger charge is 2.29. The zero-order valence-electron chi connectivity index (χ0n) is 19.6. The SMILES string of the molecule is CC(C)C[C@H](CC(=O)CS)C(=O)N[C@@H](CC1CCCCC1)C(=O)NCCc1ccccc1. The number of hydrogen-bond donors (Lipinski definition) is 3. The van der Waals surface area contributed by atoms with Gasteiger partial charge in [-0.15, -0.1) is 0 Å². The van der Waals surface area contributed by atoms with Crippen molar-refractivity contribution >= 4 is 30.2 Å². The van der Waals surface area contributed by atoms with E-state index in [0.29, 0.717) is 25.3 Å². The summed E-state index contributed by atoms with van der Waals surface area (Å²) in [5.74, 6) is 0.113. The minimum atomic E-state index is -0.554. The van der Waals surface area contributed by atoms with Gasteiger partial charge in [-0.2, -0.15) is 12.6 Å². The number of nitrogens with one attached hydrogen (secondary N) is 2. The number of carbonyl (C=O) groups excluding carboxylic acids is 3. The lowest BCUT2D eigenvalue weighted by Gasteiger charge is -2.28. The summed E-state index contributed by atoms with van der Waals surface area (Å²) in [4.78, 5) is 38.2. The average molecular weight is 461 g/mol. The first-order valence-electron chi connectivity index (χ1n) is 12.1. The van der Waals surface area contributed by atoms with E-state index >= 15 is 0 Å². The fourth-order valence-electron chi connectivity index (χ4n) is 4.57. The van der Waals surface area contributed by atoms with Crippen LogP contribution in [0.4, 0.5) is 0 Å². The first kappa shape index (κ1) is 26.4. The van der Waals surface area contributed by atoms with Crippen molar-refractivity contribution < 1.29 is 14.4 Å². The fourth-order valence-corrected chi connectivity index (χ4v) is 4.70. The lowest BCUT2D eigenvalue weighted by molar-refractivity contribution is -0.133. The Hall–Kier alpha value is -1.82. The standard InChI is InChI=1S/C26H40N2O3S/c1-19(2)15-22(17-23(29)18-32)25(30)28-24(16-21-11-7-4-8-12-21)26(31)27-14-13-20-9-5-3-6-10-20/h3,5-6,9-10,19,21-22,24,32H,4,7-8,11-18H2,1-2H3,(H,27,31)(H,28,30)/t22-,24+/m1/s1. The highest BCUT2D eigenvalue weighted by molar-refractivity contribution is 7.81. The van der Waals surface area contributed by atoms with E-state index in [2.05, 4.69) is 23.3 Å². The van der Waals surface area contributed by atoms with Crippen LogP contribution in [-0.4, -0.2) is 35.9 Å². The molecule has 5 nitrogen and oxygen atoms in total. The predicted octanol–water partition coefficient (Wildman–Crippen LogP) is 4.35. The maximum absolute atomic E-state index is 13.1. The number of ketones is 1. The molecule has 0 radical (unpaired) electrons. The summed E-state index contributed by atoms with van der Waals surface area (Å²) < 4.78 is 0. The molecular formula is C26H40N2O3S. The van der Waals surface area contributed by atoms with Gasteiger partial charge in [0.05, 0.1) is 0 Å². The quantitative estimate of drug-likeness (QED) is 0.383. The number of thiol groups is 1. The summed E-state index contributed by atoms with van der Waals surface area (Å²) in [5.41, 5.74) is 1.17. The van der Waals surface area contributed by atoms with Crippen LogP contribution in [0.3, 0.4) is 0 Å².